The summed E-state index contributed by atoms with van der Waals surface area (Å²) in [6.07, 6.45) is 5.65. The molecule has 3 aromatic rings. The number of unbranched alkanes of at least 4 members (excludes halogenated alkanes) is 1. The first-order valence-corrected chi connectivity index (χ1v) is 8.02. The minimum atomic E-state index is -0.000280. The van der Waals surface area contributed by atoms with Gasteiger partial charge in [-0.05, 0) is 30.7 Å². The van der Waals surface area contributed by atoms with Crippen LogP contribution in [0.2, 0.25) is 0 Å². The smallest absolute Gasteiger partial charge is 0.185 e. The van der Waals surface area contributed by atoms with Gasteiger partial charge in [0.2, 0.25) is 0 Å². The van der Waals surface area contributed by atoms with E-state index in [2.05, 4.69) is 22.5 Å². The Hall–Kier alpha value is -2.68. The fraction of sp³-hybridized carbons (Fsp3) is 0.200. The lowest BCUT2D eigenvalue weighted by Crippen LogP contribution is -2.01. The molecule has 0 spiro atoms. The van der Waals surface area contributed by atoms with Crippen molar-refractivity contribution in [2.45, 2.75) is 26.3 Å². The van der Waals surface area contributed by atoms with Crippen molar-refractivity contribution in [3.63, 3.8) is 0 Å². The normalized spacial score (nSPS) is 11.3. The number of hydrogen-bond donors (Lipinski definition) is 0. The maximum absolute atomic E-state index is 12.2. The topological polar surface area (TPSA) is 34.9 Å². The molecule has 0 bridgehead atoms. The van der Waals surface area contributed by atoms with E-state index >= 15 is 0 Å². The zero-order valence-corrected chi connectivity index (χ0v) is 13.3. The molecule has 0 aliphatic carbocycles. The first kappa shape index (κ1) is 15.2. The number of carbonyl (C=O) groups is 1. The van der Waals surface area contributed by atoms with E-state index < -0.39 is 0 Å². The second-order valence-corrected chi connectivity index (χ2v) is 5.53. The average Bonchev–Trinajstić information content (AvgIpc) is 2.96. The number of hydrogen-bond acceptors (Lipinski definition) is 2. The molecule has 0 aliphatic rings. The molecule has 0 unspecified atom stereocenters. The molecule has 116 valence electrons. The quantitative estimate of drug-likeness (QED) is 0.487. The second-order valence-electron chi connectivity index (χ2n) is 5.53. The third kappa shape index (κ3) is 3.39. The molecule has 23 heavy (non-hydrogen) atoms. The van der Waals surface area contributed by atoms with Crippen molar-refractivity contribution in [1.29, 1.82) is 0 Å². The van der Waals surface area contributed by atoms with Gasteiger partial charge in [-0.1, -0.05) is 55.8 Å². The molecule has 0 fully saturated rings. The highest BCUT2D eigenvalue weighted by molar-refractivity contribution is 6.06. The molecule has 3 heteroatoms. The molecule has 0 amide bonds. The summed E-state index contributed by atoms with van der Waals surface area (Å²) in [5, 5.41) is 0. The molecule has 1 heterocycles. The van der Waals surface area contributed by atoms with Crippen LogP contribution in [0, 0.1) is 0 Å². The number of benzene rings is 2. The third-order valence-electron chi connectivity index (χ3n) is 3.86. The van der Waals surface area contributed by atoms with E-state index in [1.807, 2.05) is 54.6 Å². The van der Waals surface area contributed by atoms with Gasteiger partial charge in [-0.15, -0.1) is 0 Å². The van der Waals surface area contributed by atoms with Crippen molar-refractivity contribution in [1.82, 2.24) is 9.55 Å². The van der Waals surface area contributed by atoms with Crippen LogP contribution >= 0.6 is 0 Å². The zero-order chi connectivity index (χ0) is 16.1. The molecule has 0 saturated heterocycles. The minimum absolute atomic E-state index is 0.000280. The van der Waals surface area contributed by atoms with Gasteiger partial charge in [-0.25, -0.2) is 4.98 Å². The molecular weight excluding hydrogens is 284 g/mol. The first-order valence-electron chi connectivity index (χ1n) is 8.02. The largest absolute Gasteiger partial charge is 0.324 e. The Morgan fingerprint density at radius 3 is 2.61 bits per heavy atom. The average molecular weight is 304 g/mol. The van der Waals surface area contributed by atoms with Crippen LogP contribution in [0.1, 0.15) is 35.9 Å². The molecule has 0 radical (unpaired) electrons. The van der Waals surface area contributed by atoms with Crippen LogP contribution < -0.4 is 0 Å². The molecule has 0 atom stereocenters. The predicted octanol–water partition coefficient (Wildman–Crippen LogP) is 4.73. The van der Waals surface area contributed by atoms with Crippen LogP contribution in [0.3, 0.4) is 0 Å². The fourth-order valence-electron chi connectivity index (χ4n) is 2.62. The van der Waals surface area contributed by atoms with Crippen molar-refractivity contribution < 1.29 is 4.79 Å². The lowest BCUT2D eigenvalue weighted by molar-refractivity contribution is 0.104. The van der Waals surface area contributed by atoms with E-state index in [0.717, 1.165) is 36.2 Å². The zero-order valence-electron chi connectivity index (χ0n) is 13.3. The number of ketones is 1. The van der Waals surface area contributed by atoms with Crippen LogP contribution in [0.5, 0.6) is 0 Å². The van der Waals surface area contributed by atoms with E-state index in [4.69, 9.17) is 0 Å². The van der Waals surface area contributed by atoms with Crippen molar-refractivity contribution in [2.24, 2.45) is 0 Å². The Morgan fingerprint density at radius 2 is 1.83 bits per heavy atom. The Morgan fingerprint density at radius 1 is 1.09 bits per heavy atom. The van der Waals surface area contributed by atoms with E-state index in [1.54, 1.807) is 6.08 Å². The van der Waals surface area contributed by atoms with Crippen LogP contribution in [-0.4, -0.2) is 15.3 Å². The van der Waals surface area contributed by atoms with E-state index in [0.29, 0.717) is 5.56 Å². The molecule has 0 saturated carbocycles. The molecule has 2 aromatic carbocycles. The van der Waals surface area contributed by atoms with Gasteiger partial charge in [0, 0.05) is 12.1 Å². The molecule has 0 N–H and O–H groups in total. The van der Waals surface area contributed by atoms with Crippen molar-refractivity contribution in [3.8, 4) is 0 Å². The number of rotatable bonds is 6. The Bertz CT molecular complexity index is 831. The predicted molar refractivity (Wildman–Crippen MR) is 94.4 cm³/mol. The number of carbonyl (C=O) groups excluding carboxylic acids is 1. The van der Waals surface area contributed by atoms with Crippen LogP contribution in [0.25, 0.3) is 17.1 Å². The lowest BCUT2D eigenvalue weighted by atomic mass is 10.1. The molecule has 3 rings (SSSR count). The van der Waals surface area contributed by atoms with Crippen molar-refractivity contribution >= 4 is 22.9 Å². The maximum atomic E-state index is 12.2. The number of aryl methyl sites for hydroxylation is 1. The van der Waals surface area contributed by atoms with Gasteiger partial charge in [0.25, 0.3) is 0 Å². The van der Waals surface area contributed by atoms with Gasteiger partial charge >= 0.3 is 0 Å². The van der Waals surface area contributed by atoms with E-state index in [-0.39, 0.29) is 5.78 Å². The van der Waals surface area contributed by atoms with E-state index in [1.165, 1.54) is 0 Å². The van der Waals surface area contributed by atoms with Gasteiger partial charge in [-0.3, -0.25) is 4.79 Å². The number of allylic oxidation sites excluding steroid dienone is 1. The number of nitrogens with zero attached hydrogens (tertiary/aromatic N) is 2. The van der Waals surface area contributed by atoms with Crippen LogP contribution in [-0.2, 0) is 6.54 Å². The van der Waals surface area contributed by atoms with Crippen LogP contribution in [0.15, 0.2) is 60.7 Å². The Labute approximate surface area is 136 Å². The van der Waals surface area contributed by atoms with Crippen LogP contribution in [0.4, 0.5) is 0 Å². The molecule has 3 nitrogen and oxygen atoms in total. The third-order valence-corrected chi connectivity index (χ3v) is 3.86. The summed E-state index contributed by atoms with van der Waals surface area (Å²) in [7, 11) is 0. The number of fused-ring (bicyclic) bond motifs is 1. The summed E-state index contributed by atoms with van der Waals surface area (Å²) in [6, 6.07) is 17.4. The minimum Gasteiger partial charge on any atom is -0.324 e. The highest BCUT2D eigenvalue weighted by Gasteiger charge is 2.08. The van der Waals surface area contributed by atoms with Gasteiger partial charge in [0.15, 0.2) is 5.78 Å². The highest BCUT2D eigenvalue weighted by atomic mass is 16.1. The summed E-state index contributed by atoms with van der Waals surface area (Å²) in [6.45, 7) is 3.09. The van der Waals surface area contributed by atoms with Gasteiger partial charge in [0.05, 0.1) is 11.0 Å². The fourth-order valence-corrected chi connectivity index (χ4v) is 2.62. The SMILES string of the molecule is CCCCn1c(/C=C/C(=O)c2ccccc2)nc2ccccc21. The van der Waals surface area contributed by atoms with Crippen molar-refractivity contribution in [2.75, 3.05) is 0 Å². The Balaban J connectivity index is 1.92. The number of aromatic nitrogens is 2. The van der Waals surface area contributed by atoms with Crippen molar-refractivity contribution in [3.05, 3.63) is 72.1 Å². The van der Waals surface area contributed by atoms with Gasteiger partial charge in [-0.2, -0.15) is 0 Å². The molecular formula is C20H20N2O. The van der Waals surface area contributed by atoms with E-state index in [9.17, 15) is 4.79 Å². The molecule has 0 aliphatic heterocycles. The van der Waals surface area contributed by atoms with Gasteiger partial charge in [0.1, 0.15) is 5.82 Å². The summed E-state index contributed by atoms with van der Waals surface area (Å²) < 4.78 is 2.19. The summed E-state index contributed by atoms with van der Waals surface area (Å²) in [4.78, 5) is 16.9. The number of imidazole rings is 1. The monoisotopic (exact) mass is 304 g/mol. The summed E-state index contributed by atoms with van der Waals surface area (Å²) >= 11 is 0. The summed E-state index contributed by atoms with van der Waals surface area (Å²) in [5.41, 5.74) is 2.78. The maximum Gasteiger partial charge on any atom is 0.185 e. The lowest BCUT2D eigenvalue weighted by Gasteiger charge is -2.05. The second kappa shape index (κ2) is 7.05. The summed E-state index contributed by atoms with van der Waals surface area (Å²) in [5.74, 6) is 0.837. The standard InChI is InChI=1S/C20H20N2O/c1-2-3-15-22-18-12-8-7-11-17(18)21-20(22)14-13-19(23)16-9-5-4-6-10-16/h4-14H,2-3,15H2,1H3/b14-13+. The van der Waals surface area contributed by atoms with Gasteiger partial charge < -0.3 is 4.57 Å². The first-order chi connectivity index (χ1) is 11.3. The Kier molecular flexibility index (Phi) is 4.67. The molecule has 1 aromatic heterocycles. The highest BCUT2D eigenvalue weighted by Crippen LogP contribution is 2.18. The number of para-hydroxylation sites is 2.